The molecule has 0 fully saturated rings. The molecule has 6 nitrogen and oxygen atoms in total. The quantitative estimate of drug-likeness (QED) is 0.498. The molecule has 1 aliphatic heterocycles. The molecule has 3 aromatic carbocycles. The summed E-state index contributed by atoms with van der Waals surface area (Å²) in [5, 5.41) is 7.14. The van der Waals surface area contributed by atoms with Crippen molar-refractivity contribution in [2.75, 3.05) is 10.2 Å². The summed E-state index contributed by atoms with van der Waals surface area (Å²) in [5.74, 6) is -0.973. The van der Waals surface area contributed by atoms with E-state index in [1.807, 2.05) is 35.0 Å². The van der Waals surface area contributed by atoms with Crippen LogP contribution in [0.25, 0.3) is 0 Å². The Labute approximate surface area is 190 Å². The van der Waals surface area contributed by atoms with Crippen LogP contribution in [0.2, 0.25) is 0 Å². The smallest absolute Gasteiger partial charge is 0.258 e. The van der Waals surface area contributed by atoms with Crippen molar-refractivity contribution in [3.8, 4) is 0 Å². The molecule has 0 atom stereocenters. The molecule has 33 heavy (non-hydrogen) atoms. The third kappa shape index (κ3) is 3.89. The van der Waals surface area contributed by atoms with Crippen LogP contribution in [0, 0.1) is 12.7 Å². The zero-order chi connectivity index (χ0) is 22.9. The minimum atomic E-state index is -0.428. The summed E-state index contributed by atoms with van der Waals surface area (Å²) in [6.45, 7) is 2.58. The van der Waals surface area contributed by atoms with Crippen molar-refractivity contribution in [2.24, 2.45) is 0 Å². The maximum absolute atomic E-state index is 13.8. The van der Waals surface area contributed by atoms with Crippen molar-refractivity contribution < 1.29 is 14.0 Å². The molecule has 4 aromatic rings. The second-order valence-corrected chi connectivity index (χ2v) is 7.94. The number of anilines is 2. The van der Waals surface area contributed by atoms with Gasteiger partial charge in [0, 0.05) is 28.7 Å². The molecule has 2 amide bonds. The largest absolute Gasteiger partial charge is 0.322 e. The number of carbonyl (C=O) groups excluding carboxylic acids is 2. The number of hydrogen-bond acceptors (Lipinski definition) is 3. The first-order valence-corrected chi connectivity index (χ1v) is 10.6. The number of rotatable bonds is 3. The molecule has 0 unspecified atom stereocenters. The molecule has 0 saturated carbocycles. The van der Waals surface area contributed by atoms with E-state index in [4.69, 9.17) is 0 Å². The van der Waals surface area contributed by atoms with Crippen molar-refractivity contribution in [3.63, 3.8) is 0 Å². The second-order valence-electron chi connectivity index (χ2n) is 7.94. The number of nitrogens with one attached hydrogen (secondary N) is 1. The Morgan fingerprint density at radius 2 is 1.73 bits per heavy atom. The standard InChI is InChI=1S/C26H21FN4O2/c1-17-22(6-4-7-23(17)27)25(32)29-20-11-9-18(10-12-20)26(33)30-16-21-13-14-28-31(21)15-19-5-2-3-8-24(19)30/h2-14H,15-16H2,1H3,(H,29,32). The first-order chi connectivity index (χ1) is 16.0. The van der Waals surface area contributed by atoms with Gasteiger partial charge in [-0.15, -0.1) is 0 Å². The number of para-hydroxylation sites is 1. The van der Waals surface area contributed by atoms with Gasteiger partial charge < -0.3 is 10.2 Å². The summed E-state index contributed by atoms with van der Waals surface area (Å²) >= 11 is 0. The van der Waals surface area contributed by atoms with Crippen molar-refractivity contribution >= 4 is 23.2 Å². The van der Waals surface area contributed by atoms with Crippen molar-refractivity contribution in [3.05, 3.63) is 113 Å². The van der Waals surface area contributed by atoms with Crippen LogP contribution in [0.4, 0.5) is 15.8 Å². The van der Waals surface area contributed by atoms with E-state index >= 15 is 0 Å². The predicted molar refractivity (Wildman–Crippen MR) is 124 cm³/mol. The predicted octanol–water partition coefficient (Wildman–Crippen LogP) is 4.79. The Balaban J connectivity index is 1.39. The third-order valence-electron chi connectivity index (χ3n) is 5.87. The first kappa shape index (κ1) is 20.6. The van der Waals surface area contributed by atoms with Gasteiger partial charge in [0.1, 0.15) is 5.82 Å². The van der Waals surface area contributed by atoms with E-state index in [1.165, 1.54) is 12.1 Å². The summed E-state index contributed by atoms with van der Waals surface area (Å²) < 4.78 is 15.7. The van der Waals surface area contributed by atoms with Crippen LogP contribution in [0.1, 0.15) is 37.5 Å². The molecule has 0 saturated heterocycles. The highest BCUT2D eigenvalue weighted by atomic mass is 19.1. The molecule has 1 aliphatic rings. The van der Waals surface area contributed by atoms with Crippen LogP contribution in [0.5, 0.6) is 0 Å². The highest BCUT2D eigenvalue weighted by molar-refractivity contribution is 6.08. The fourth-order valence-corrected chi connectivity index (χ4v) is 4.04. The highest BCUT2D eigenvalue weighted by Crippen LogP contribution is 2.29. The topological polar surface area (TPSA) is 67.2 Å². The molecule has 164 valence electrons. The Hall–Kier alpha value is -4.26. The van der Waals surface area contributed by atoms with E-state index < -0.39 is 11.7 Å². The molecule has 7 heteroatoms. The maximum Gasteiger partial charge on any atom is 0.258 e. The number of carbonyl (C=O) groups is 2. The molecule has 5 rings (SSSR count). The highest BCUT2D eigenvalue weighted by Gasteiger charge is 2.25. The normalized spacial score (nSPS) is 12.5. The lowest BCUT2D eigenvalue weighted by Crippen LogP contribution is -2.30. The Morgan fingerprint density at radius 1 is 0.939 bits per heavy atom. The average molecular weight is 440 g/mol. The van der Waals surface area contributed by atoms with E-state index in [0.717, 1.165) is 16.9 Å². The van der Waals surface area contributed by atoms with E-state index in [2.05, 4.69) is 10.4 Å². The zero-order valence-electron chi connectivity index (χ0n) is 18.0. The third-order valence-corrected chi connectivity index (χ3v) is 5.87. The number of nitrogens with zero attached hydrogens (tertiary/aromatic N) is 3. The molecular formula is C26H21FN4O2. The number of benzene rings is 3. The van der Waals surface area contributed by atoms with Crippen molar-refractivity contribution in [1.29, 1.82) is 0 Å². The minimum Gasteiger partial charge on any atom is -0.322 e. The fraction of sp³-hybridized carbons (Fsp3) is 0.115. The van der Waals surface area contributed by atoms with E-state index in [9.17, 15) is 14.0 Å². The van der Waals surface area contributed by atoms with E-state index in [0.29, 0.717) is 29.9 Å². The van der Waals surface area contributed by atoms with Gasteiger partial charge >= 0.3 is 0 Å². The molecule has 0 spiro atoms. The number of amides is 2. The molecule has 1 N–H and O–H groups in total. The molecule has 0 bridgehead atoms. The zero-order valence-corrected chi connectivity index (χ0v) is 18.0. The lowest BCUT2D eigenvalue weighted by Gasteiger charge is -2.22. The average Bonchev–Trinajstić information content (AvgIpc) is 3.20. The van der Waals surface area contributed by atoms with Gasteiger partial charge in [-0.1, -0.05) is 24.3 Å². The van der Waals surface area contributed by atoms with Gasteiger partial charge in [-0.25, -0.2) is 4.39 Å². The van der Waals surface area contributed by atoms with Gasteiger partial charge in [0.05, 0.1) is 18.8 Å². The lowest BCUT2D eigenvalue weighted by atomic mass is 10.1. The summed E-state index contributed by atoms with van der Waals surface area (Å²) in [6.07, 6.45) is 1.74. The summed E-state index contributed by atoms with van der Waals surface area (Å²) in [6, 6.07) is 20.8. The number of aromatic nitrogens is 2. The van der Waals surface area contributed by atoms with Crippen LogP contribution in [-0.4, -0.2) is 21.6 Å². The van der Waals surface area contributed by atoms with Gasteiger partial charge in [0.25, 0.3) is 11.8 Å². The van der Waals surface area contributed by atoms with Gasteiger partial charge in [-0.2, -0.15) is 5.10 Å². The van der Waals surface area contributed by atoms with E-state index in [1.54, 1.807) is 48.4 Å². The van der Waals surface area contributed by atoms with Crippen LogP contribution in [-0.2, 0) is 13.1 Å². The monoisotopic (exact) mass is 440 g/mol. The van der Waals surface area contributed by atoms with Crippen LogP contribution in [0.3, 0.4) is 0 Å². The van der Waals surface area contributed by atoms with Crippen molar-refractivity contribution in [1.82, 2.24) is 9.78 Å². The van der Waals surface area contributed by atoms with Gasteiger partial charge in [-0.3, -0.25) is 14.3 Å². The minimum absolute atomic E-state index is 0.143. The number of fused-ring (bicyclic) bond motifs is 2. The molecule has 0 aliphatic carbocycles. The number of hydrogen-bond donors (Lipinski definition) is 1. The maximum atomic E-state index is 13.8. The van der Waals surface area contributed by atoms with Crippen LogP contribution in [0.15, 0.2) is 79.0 Å². The Bertz CT molecular complexity index is 1360. The lowest BCUT2D eigenvalue weighted by molar-refractivity contribution is 0.0983. The summed E-state index contributed by atoms with van der Waals surface area (Å²) in [4.78, 5) is 27.8. The SMILES string of the molecule is Cc1c(F)cccc1C(=O)Nc1ccc(C(=O)N2Cc3ccnn3Cc3ccccc32)cc1. The molecule has 0 radical (unpaired) electrons. The van der Waals surface area contributed by atoms with Crippen LogP contribution >= 0.6 is 0 Å². The Kier molecular flexibility index (Phi) is 5.22. The first-order valence-electron chi connectivity index (χ1n) is 10.6. The molecular weight excluding hydrogens is 419 g/mol. The van der Waals surface area contributed by atoms with Crippen LogP contribution < -0.4 is 10.2 Å². The Morgan fingerprint density at radius 3 is 2.55 bits per heavy atom. The second kappa shape index (κ2) is 8.35. The number of halogens is 1. The van der Waals surface area contributed by atoms with Gasteiger partial charge in [-0.05, 0) is 66.6 Å². The van der Waals surface area contributed by atoms with E-state index in [-0.39, 0.29) is 11.5 Å². The summed E-state index contributed by atoms with van der Waals surface area (Å²) in [7, 11) is 0. The van der Waals surface area contributed by atoms with Crippen molar-refractivity contribution in [2.45, 2.75) is 20.0 Å². The fourth-order valence-electron chi connectivity index (χ4n) is 4.04. The summed E-state index contributed by atoms with van der Waals surface area (Å²) in [5.41, 5.74) is 4.41. The van der Waals surface area contributed by atoms with Gasteiger partial charge in [0.2, 0.25) is 0 Å². The molecule has 1 aromatic heterocycles. The molecule has 2 heterocycles. The van der Waals surface area contributed by atoms with Gasteiger partial charge in [0.15, 0.2) is 0 Å².